The first-order valence-electron chi connectivity index (χ1n) is 10.0. The zero-order chi connectivity index (χ0) is 20.7. The summed E-state index contributed by atoms with van der Waals surface area (Å²) in [5.41, 5.74) is 3.94. The first-order chi connectivity index (χ1) is 14.6. The zero-order valence-electron chi connectivity index (χ0n) is 16.5. The SMILES string of the molecule is CC(c1ccc2[nH]c(=O)sc2c1)c1ccn(-c2ccc(C3CCC(CO)O3)cn2)n1. The monoisotopic (exact) mass is 422 g/mol. The lowest BCUT2D eigenvalue weighted by atomic mass is 9.98. The van der Waals surface area contributed by atoms with Gasteiger partial charge in [0.1, 0.15) is 0 Å². The number of rotatable bonds is 5. The van der Waals surface area contributed by atoms with Gasteiger partial charge in [0.05, 0.1) is 34.7 Å². The number of aromatic nitrogens is 4. The van der Waals surface area contributed by atoms with E-state index in [1.54, 1.807) is 4.68 Å². The highest BCUT2D eigenvalue weighted by Gasteiger charge is 2.26. The van der Waals surface area contributed by atoms with Crippen molar-refractivity contribution < 1.29 is 9.84 Å². The fraction of sp³-hybridized carbons (Fsp3) is 0.318. The Morgan fingerprint density at radius 2 is 2.20 bits per heavy atom. The highest BCUT2D eigenvalue weighted by molar-refractivity contribution is 7.16. The van der Waals surface area contributed by atoms with E-state index in [1.807, 2.05) is 42.7 Å². The molecule has 1 fully saturated rings. The number of fused-ring (bicyclic) bond motifs is 1. The summed E-state index contributed by atoms with van der Waals surface area (Å²) in [6.07, 6.45) is 5.43. The molecule has 3 atom stereocenters. The fourth-order valence-corrected chi connectivity index (χ4v) is 4.69. The molecule has 0 aliphatic carbocycles. The molecular formula is C22H22N4O3S. The first-order valence-corrected chi connectivity index (χ1v) is 10.8. The molecule has 7 nitrogen and oxygen atoms in total. The molecule has 4 heterocycles. The summed E-state index contributed by atoms with van der Waals surface area (Å²) in [6.45, 7) is 2.17. The van der Waals surface area contributed by atoms with Crippen LogP contribution in [0.15, 0.2) is 53.6 Å². The van der Waals surface area contributed by atoms with E-state index < -0.39 is 0 Å². The van der Waals surface area contributed by atoms with Crippen molar-refractivity contribution >= 4 is 21.6 Å². The van der Waals surface area contributed by atoms with E-state index in [9.17, 15) is 9.90 Å². The van der Waals surface area contributed by atoms with E-state index in [1.165, 1.54) is 11.3 Å². The van der Waals surface area contributed by atoms with Gasteiger partial charge in [-0.05, 0) is 48.2 Å². The third-order valence-electron chi connectivity index (χ3n) is 5.69. The van der Waals surface area contributed by atoms with Gasteiger partial charge in [-0.25, -0.2) is 9.67 Å². The van der Waals surface area contributed by atoms with E-state index in [2.05, 4.69) is 23.0 Å². The lowest BCUT2D eigenvalue weighted by molar-refractivity contribution is 0.0108. The Morgan fingerprint density at radius 3 is 2.97 bits per heavy atom. The number of hydrogen-bond donors (Lipinski definition) is 2. The number of aliphatic hydroxyl groups excluding tert-OH is 1. The van der Waals surface area contributed by atoms with Crippen LogP contribution in [0.3, 0.4) is 0 Å². The second-order valence-corrected chi connectivity index (χ2v) is 8.65. The van der Waals surface area contributed by atoms with Crippen molar-refractivity contribution in [3.63, 3.8) is 0 Å². The maximum Gasteiger partial charge on any atom is 0.305 e. The number of nitrogens with zero attached hydrogens (tertiary/aromatic N) is 3. The van der Waals surface area contributed by atoms with Crippen LogP contribution in [-0.4, -0.2) is 37.6 Å². The van der Waals surface area contributed by atoms with Gasteiger partial charge in [-0.1, -0.05) is 30.4 Å². The topological polar surface area (TPSA) is 93.0 Å². The average molecular weight is 423 g/mol. The molecule has 30 heavy (non-hydrogen) atoms. The summed E-state index contributed by atoms with van der Waals surface area (Å²) >= 11 is 1.22. The minimum absolute atomic E-state index is 0.00375. The minimum atomic E-state index is -0.0728. The van der Waals surface area contributed by atoms with Crippen molar-refractivity contribution in [3.8, 4) is 5.82 Å². The quantitative estimate of drug-likeness (QED) is 0.513. The lowest BCUT2D eigenvalue weighted by Gasteiger charge is -2.12. The van der Waals surface area contributed by atoms with Crippen molar-refractivity contribution in [2.45, 2.75) is 37.9 Å². The minimum Gasteiger partial charge on any atom is -0.394 e. The molecule has 1 aliphatic rings. The molecule has 0 bridgehead atoms. The molecule has 8 heteroatoms. The van der Waals surface area contributed by atoms with Gasteiger partial charge in [0.2, 0.25) is 0 Å². The lowest BCUT2D eigenvalue weighted by Crippen LogP contribution is -2.11. The Bertz CT molecular complexity index is 1230. The van der Waals surface area contributed by atoms with Gasteiger partial charge in [-0.3, -0.25) is 4.79 Å². The van der Waals surface area contributed by atoms with Crippen molar-refractivity contribution in [3.05, 3.63) is 75.3 Å². The first kappa shape index (κ1) is 19.2. The number of thiazole rings is 1. The highest BCUT2D eigenvalue weighted by atomic mass is 32.1. The number of nitrogens with one attached hydrogen (secondary N) is 1. The van der Waals surface area contributed by atoms with Crippen LogP contribution in [-0.2, 0) is 4.74 Å². The van der Waals surface area contributed by atoms with E-state index in [0.29, 0.717) is 0 Å². The van der Waals surface area contributed by atoms with Crippen molar-refractivity contribution in [1.82, 2.24) is 19.7 Å². The number of H-pyrrole nitrogens is 1. The molecule has 3 unspecified atom stereocenters. The number of aromatic amines is 1. The Kier molecular flexibility index (Phi) is 4.98. The number of aliphatic hydroxyl groups is 1. The maximum atomic E-state index is 11.6. The van der Waals surface area contributed by atoms with Gasteiger partial charge in [0.15, 0.2) is 5.82 Å². The average Bonchev–Trinajstić information content (AvgIpc) is 3.51. The molecule has 1 aromatic carbocycles. The molecule has 0 spiro atoms. The predicted octanol–water partition coefficient (Wildman–Crippen LogP) is 3.53. The fourth-order valence-electron chi connectivity index (χ4n) is 3.91. The van der Waals surface area contributed by atoms with Crippen LogP contribution in [0.2, 0.25) is 0 Å². The van der Waals surface area contributed by atoms with Gasteiger partial charge < -0.3 is 14.8 Å². The summed E-state index contributed by atoms with van der Waals surface area (Å²) in [4.78, 5) is 18.9. The van der Waals surface area contributed by atoms with Crippen LogP contribution in [0.4, 0.5) is 0 Å². The van der Waals surface area contributed by atoms with Crippen molar-refractivity contribution in [1.29, 1.82) is 0 Å². The molecule has 5 rings (SSSR count). The summed E-state index contributed by atoms with van der Waals surface area (Å²) in [5.74, 6) is 0.836. The molecule has 154 valence electrons. The van der Waals surface area contributed by atoms with Gasteiger partial charge >= 0.3 is 4.87 Å². The van der Waals surface area contributed by atoms with Crippen molar-refractivity contribution in [2.24, 2.45) is 0 Å². The number of pyridine rings is 1. The smallest absolute Gasteiger partial charge is 0.305 e. The van der Waals surface area contributed by atoms with Gasteiger partial charge in [-0.2, -0.15) is 5.10 Å². The summed E-state index contributed by atoms with van der Waals surface area (Å²) in [6, 6.07) is 12.0. The number of benzene rings is 1. The number of ether oxygens (including phenoxy) is 1. The Labute approximate surface area is 177 Å². The Balaban J connectivity index is 1.34. The molecule has 0 amide bonds. The third kappa shape index (κ3) is 3.58. The molecule has 0 saturated carbocycles. The summed E-state index contributed by atoms with van der Waals surface area (Å²) in [5, 5.41) is 14.0. The van der Waals surface area contributed by atoms with Gasteiger partial charge in [0, 0.05) is 18.3 Å². The van der Waals surface area contributed by atoms with Crippen LogP contribution < -0.4 is 4.87 Å². The second-order valence-electron chi connectivity index (χ2n) is 7.63. The van der Waals surface area contributed by atoms with E-state index in [0.717, 1.165) is 45.7 Å². The molecule has 4 aromatic rings. The zero-order valence-corrected chi connectivity index (χ0v) is 17.3. The van der Waals surface area contributed by atoms with Gasteiger partial charge in [0.25, 0.3) is 0 Å². The predicted molar refractivity (Wildman–Crippen MR) is 115 cm³/mol. The van der Waals surface area contributed by atoms with E-state index in [4.69, 9.17) is 9.84 Å². The van der Waals surface area contributed by atoms with Crippen LogP contribution in [0.1, 0.15) is 48.6 Å². The molecular weight excluding hydrogens is 400 g/mol. The van der Waals surface area contributed by atoms with Gasteiger partial charge in [-0.15, -0.1) is 0 Å². The van der Waals surface area contributed by atoms with Crippen LogP contribution in [0.25, 0.3) is 16.0 Å². The van der Waals surface area contributed by atoms with Crippen LogP contribution >= 0.6 is 11.3 Å². The maximum absolute atomic E-state index is 11.6. The molecule has 1 saturated heterocycles. The summed E-state index contributed by atoms with van der Waals surface area (Å²) in [7, 11) is 0. The molecule has 2 N–H and O–H groups in total. The third-order valence-corrected chi connectivity index (χ3v) is 6.53. The summed E-state index contributed by atoms with van der Waals surface area (Å²) < 4.78 is 8.56. The van der Waals surface area contributed by atoms with Crippen LogP contribution in [0, 0.1) is 0 Å². The normalized spacial score (nSPS) is 20.1. The van der Waals surface area contributed by atoms with E-state index in [-0.39, 0.29) is 29.6 Å². The second kappa shape index (κ2) is 7.79. The largest absolute Gasteiger partial charge is 0.394 e. The molecule has 1 aliphatic heterocycles. The van der Waals surface area contributed by atoms with E-state index >= 15 is 0 Å². The molecule has 0 radical (unpaired) electrons. The Morgan fingerprint density at radius 1 is 1.30 bits per heavy atom. The van der Waals surface area contributed by atoms with Crippen molar-refractivity contribution in [2.75, 3.05) is 6.61 Å². The molecule has 3 aromatic heterocycles. The Hall–Kier alpha value is -2.81. The van der Waals surface area contributed by atoms with Crippen LogP contribution in [0.5, 0.6) is 0 Å². The number of hydrogen-bond acceptors (Lipinski definition) is 6. The standard InChI is InChI=1S/C22H22N4O3S/c1-13(14-2-5-18-20(10-14)30-22(28)24-18)17-8-9-26(25-17)21-7-3-15(11-23-21)19-6-4-16(12-27)29-19/h2-3,5,7-11,13,16,19,27H,4,6,12H2,1H3,(H,24,28). The highest BCUT2D eigenvalue weighted by Crippen LogP contribution is 2.32.